The van der Waals surface area contributed by atoms with E-state index in [0.717, 1.165) is 12.1 Å². The van der Waals surface area contributed by atoms with Crippen molar-refractivity contribution in [3.63, 3.8) is 0 Å². The topological polar surface area (TPSA) is 64.3 Å². The summed E-state index contributed by atoms with van der Waals surface area (Å²) in [6.07, 6.45) is 0. The van der Waals surface area contributed by atoms with Crippen molar-refractivity contribution in [2.24, 2.45) is 0 Å². The van der Waals surface area contributed by atoms with Gasteiger partial charge in [-0.05, 0) is 18.7 Å². The number of nitrogens with two attached hydrogens (primary N) is 1. The predicted octanol–water partition coefficient (Wildman–Crippen LogP) is 2.06. The Morgan fingerprint density at radius 2 is 2.31 bits per heavy atom. The van der Waals surface area contributed by atoms with Crippen molar-refractivity contribution in [2.45, 2.75) is 11.9 Å². The van der Waals surface area contributed by atoms with Gasteiger partial charge in [0.1, 0.15) is 0 Å². The third-order valence-electron chi connectivity index (χ3n) is 2.16. The van der Waals surface area contributed by atoms with Crippen LogP contribution in [-0.2, 0) is 4.74 Å². The maximum absolute atomic E-state index is 11.3. The van der Waals surface area contributed by atoms with Gasteiger partial charge in [0.15, 0.2) is 0 Å². The second kappa shape index (κ2) is 5.86. The van der Waals surface area contributed by atoms with Crippen LogP contribution in [0.25, 0.3) is 0 Å². The van der Waals surface area contributed by atoms with Gasteiger partial charge >= 0.3 is 5.97 Å². The maximum atomic E-state index is 11.3. The molecule has 0 heterocycles. The van der Waals surface area contributed by atoms with E-state index in [1.165, 1.54) is 7.11 Å². The zero-order valence-corrected chi connectivity index (χ0v) is 10.9. The molecule has 5 heteroatoms. The second-order valence-electron chi connectivity index (χ2n) is 3.26. The highest BCUT2D eigenvalue weighted by molar-refractivity contribution is 9.09. The van der Waals surface area contributed by atoms with Crippen LogP contribution < -0.4 is 11.1 Å². The number of methoxy groups -OCH3 is 1. The average molecular weight is 287 g/mol. The Hall–Kier alpha value is -1.07. The second-order valence-corrected chi connectivity index (χ2v) is 4.17. The number of benzene rings is 1. The first-order chi connectivity index (χ1) is 7.60. The first kappa shape index (κ1) is 13.0. The van der Waals surface area contributed by atoms with E-state index >= 15 is 0 Å². The maximum Gasteiger partial charge on any atom is 0.337 e. The number of halogens is 1. The molecule has 1 rings (SSSR count). The highest BCUT2D eigenvalue weighted by Crippen LogP contribution is 2.26. The number of nitrogen functional groups attached to an aromatic ring is 1. The molecular formula is C11H15BrN2O2. The average Bonchev–Trinajstić information content (AvgIpc) is 2.28. The molecule has 0 amide bonds. The van der Waals surface area contributed by atoms with Crippen molar-refractivity contribution >= 4 is 27.6 Å². The number of carbonyl (C=O) groups excluding carboxylic acids is 1. The predicted molar refractivity (Wildman–Crippen MR) is 67.5 cm³/mol. The lowest BCUT2D eigenvalue weighted by Crippen LogP contribution is -2.17. The standard InChI is InChI=1S/C11H15BrN2O2/c1-3-14-10(12)8-5-4-7(6-9(8)13)11(15)16-2/h4-6,10,14H,3,13H2,1-2H3. The number of nitrogens with one attached hydrogen (secondary N) is 1. The van der Waals surface area contributed by atoms with Gasteiger partial charge in [-0.15, -0.1) is 0 Å². The van der Waals surface area contributed by atoms with Gasteiger partial charge in [-0.3, -0.25) is 0 Å². The van der Waals surface area contributed by atoms with E-state index in [-0.39, 0.29) is 10.9 Å². The van der Waals surface area contributed by atoms with Crippen LogP contribution in [0.1, 0.15) is 27.8 Å². The summed E-state index contributed by atoms with van der Waals surface area (Å²) in [4.78, 5) is 11.3. The number of esters is 1. The van der Waals surface area contributed by atoms with E-state index < -0.39 is 0 Å². The molecule has 0 aliphatic rings. The fraction of sp³-hybridized carbons (Fsp3) is 0.364. The van der Waals surface area contributed by atoms with Gasteiger partial charge in [0.2, 0.25) is 0 Å². The fourth-order valence-corrected chi connectivity index (χ4v) is 2.08. The Kier molecular flexibility index (Phi) is 4.76. The molecule has 0 bridgehead atoms. The van der Waals surface area contributed by atoms with Crippen molar-refractivity contribution in [3.05, 3.63) is 29.3 Å². The number of anilines is 1. The SMILES string of the molecule is CCNC(Br)c1ccc(C(=O)OC)cc1N. The molecule has 0 aliphatic heterocycles. The summed E-state index contributed by atoms with van der Waals surface area (Å²) in [6, 6.07) is 5.12. The molecule has 0 radical (unpaired) electrons. The van der Waals surface area contributed by atoms with E-state index in [0.29, 0.717) is 11.3 Å². The van der Waals surface area contributed by atoms with Crippen LogP contribution >= 0.6 is 15.9 Å². The van der Waals surface area contributed by atoms with Crippen molar-refractivity contribution < 1.29 is 9.53 Å². The summed E-state index contributed by atoms with van der Waals surface area (Å²) >= 11 is 3.47. The Labute approximate surface area is 103 Å². The number of hydrogen-bond donors (Lipinski definition) is 2. The van der Waals surface area contributed by atoms with Crippen LogP contribution in [0.3, 0.4) is 0 Å². The van der Waals surface area contributed by atoms with E-state index in [9.17, 15) is 4.79 Å². The van der Waals surface area contributed by atoms with Gasteiger partial charge in [0, 0.05) is 11.3 Å². The molecule has 1 aromatic carbocycles. The Bertz CT molecular complexity index is 382. The molecule has 3 N–H and O–H groups in total. The fourth-order valence-electron chi connectivity index (χ4n) is 1.34. The van der Waals surface area contributed by atoms with Gasteiger partial charge < -0.3 is 15.8 Å². The molecule has 0 spiro atoms. The number of ether oxygens (including phenoxy) is 1. The van der Waals surface area contributed by atoms with Gasteiger partial charge in [0.25, 0.3) is 0 Å². The lowest BCUT2D eigenvalue weighted by Gasteiger charge is -2.14. The molecule has 0 aromatic heterocycles. The molecular weight excluding hydrogens is 272 g/mol. The van der Waals surface area contributed by atoms with Crippen molar-refractivity contribution in [1.29, 1.82) is 0 Å². The lowest BCUT2D eigenvalue weighted by molar-refractivity contribution is 0.0601. The highest BCUT2D eigenvalue weighted by atomic mass is 79.9. The van der Waals surface area contributed by atoms with Gasteiger partial charge in [-0.1, -0.05) is 28.9 Å². The van der Waals surface area contributed by atoms with Crippen molar-refractivity contribution in [1.82, 2.24) is 5.32 Å². The number of rotatable bonds is 4. The zero-order valence-electron chi connectivity index (χ0n) is 9.29. The third-order valence-corrected chi connectivity index (χ3v) is 2.98. The molecule has 4 nitrogen and oxygen atoms in total. The number of carbonyl (C=O) groups is 1. The molecule has 0 saturated carbocycles. The largest absolute Gasteiger partial charge is 0.465 e. The zero-order chi connectivity index (χ0) is 12.1. The molecule has 1 aromatic rings. The van der Waals surface area contributed by atoms with E-state index in [2.05, 4.69) is 26.0 Å². The Morgan fingerprint density at radius 1 is 1.62 bits per heavy atom. The minimum Gasteiger partial charge on any atom is -0.465 e. The van der Waals surface area contributed by atoms with Crippen LogP contribution in [0.2, 0.25) is 0 Å². The Morgan fingerprint density at radius 3 is 2.81 bits per heavy atom. The first-order valence-electron chi connectivity index (χ1n) is 4.95. The van der Waals surface area contributed by atoms with Crippen LogP contribution in [0.15, 0.2) is 18.2 Å². The molecule has 88 valence electrons. The summed E-state index contributed by atoms with van der Waals surface area (Å²) in [5.41, 5.74) is 7.80. The van der Waals surface area contributed by atoms with Crippen LogP contribution in [0.5, 0.6) is 0 Å². The summed E-state index contributed by atoms with van der Waals surface area (Å²) in [5.74, 6) is -0.382. The Balaban J connectivity index is 2.95. The number of alkyl halides is 1. The lowest BCUT2D eigenvalue weighted by atomic mass is 10.1. The summed E-state index contributed by atoms with van der Waals surface area (Å²) in [6.45, 7) is 2.83. The molecule has 1 unspecified atom stereocenters. The summed E-state index contributed by atoms with van der Waals surface area (Å²) in [7, 11) is 1.35. The van der Waals surface area contributed by atoms with Crippen molar-refractivity contribution in [3.8, 4) is 0 Å². The van der Waals surface area contributed by atoms with Crippen LogP contribution in [0, 0.1) is 0 Å². The molecule has 16 heavy (non-hydrogen) atoms. The van der Waals surface area contributed by atoms with Crippen molar-refractivity contribution in [2.75, 3.05) is 19.4 Å². The van der Waals surface area contributed by atoms with Gasteiger partial charge in [0.05, 0.1) is 17.6 Å². The van der Waals surface area contributed by atoms with Crippen LogP contribution in [0.4, 0.5) is 5.69 Å². The van der Waals surface area contributed by atoms with Gasteiger partial charge in [-0.2, -0.15) is 0 Å². The van der Waals surface area contributed by atoms with E-state index in [1.54, 1.807) is 12.1 Å². The molecule has 0 aliphatic carbocycles. The van der Waals surface area contributed by atoms with E-state index in [4.69, 9.17) is 5.73 Å². The van der Waals surface area contributed by atoms with Gasteiger partial charge in [-0.25, -0.2) is 4.79 Å². The highest BCUT2D eigenvalue weighted by Gasteiger charge is 2.12. The minimum absolute atomic E-state index is 0.0100. The van der Waals surface area contributed by atoms with Crippen LogP contribution in [-0.4, -0.2) is 19.6 Å². The minimum atomic E-state index is -0.382. The normalized spacial score (nSPS) is 12.2. The third kappa shape index (κ3) is 2.96. The first-order valence-corrected chi connectivity index (χ1v) is 5.87. The summed E-state index contributed by atoms with van der Waals surface area (Å²) < 4.78 is 4.62. The number of hydrogen-bond acceptors (Lipinski definition) is 4. The smallest absolute Gasteiger partial charge is 0.337 e. The molecule has 0 saturated heterocycles. The quantitative estimate of drug-likeness (QED) is 0.385. The molecule has 1 atom stereocenters. The summed E-state index contributed by atoms with van der Waals surface area (Å²) in [5, 5.41) is 3.19. The van der Waals surface area contributed by atoms with E-state index in [1.807, 2.05) is 13.0 Å². The monoisotopic (exact) mass is 286 g/mol. The molecule has 0 fully saturated rings.